The van der Waals surface area contributed by atoms with Gasteiger partial charge in [0.15, 0.2) is 0 Å². The summed E-state index contributed by atoms with van der Waals surface area (Å²) in [5.41, 5.74) is 4.95. The predicted octanol–water partition coefficient (Wildman–Crippen LogP) is 4.38. The second-order valence-electron chi connectivity index (χ2n) is 8.60. The van der Waals surface area contributed by atoms with E-state index in [4.69, 9.17) is 15.3 Å². The molecule has 0 unspecified atom stereocenters. The van der Waals surface area contributed by atoms with Gasteiger partial charge < -0.3 is 25.5 Å². The lowest BCUT2D eigenvalue weighted by Gasteiger charge is -2.30. The highest BCUT2D eigenvalue weighted by molar-refractivity contribution is 6.00. The fourth-order valence-corrected chi connectivity index (χ4v) is 4.85. The average Bonchev–Trinajstić information content (AvgIpc) is 3.02. The Balaban J connectivity index is 0.00000119. The first-order valence-electron chi connectivity index (χ1n) is 11.4. The number of hydrogen-bond acceptors (Lipinski definition) is 6. The van der Waals surface area contributed by atoms with Gasteiger partial charge in [-0.15, -0.1) is 0 Å². The highest BCUT2D eigenvalue weighted by Gasteiger charge is 2.32. The van der Waals surface area contributed by atoms with Gasteiger partial charge in [0.1, 0.15) is 5.82 Å². The third-order valence-corrected chi connectivity index (χ3v) is 6.68. The van der Waals surface area contributed by atoms with Crippen LogP contribution in [0.25, 0.3) is 0 Å². The quantitative estimate of drug-likeness (QED) is 0.649. The van der Waals surface area contributed by atoms with Gasteiger partial charge in [0.05, 0.1) is 17.9 Å². The van der Waals surface area contributed by atoms with Crippen molar-refractivity contribution in [2.45, 2.75) is 51.0 Å². The SMILES string of the molecule is CO.N=C1CCC(C(=O)N2Cc3cccnc3Nc3ccc(C4CCOCC4)cc32)CC1. The van der Waals surface area contributed by atoms with E-state index >= 15 is 0 Å². The van der Waals surface area contributed by atoms with E-state index in [1.54, 1.807) is 6.20 Å². The second kappa shape index (κ2) is 10.2. The van der Waals surface area contributed by atoms with Gasteiger partial charge in [-0.25, -0.2) is 4.98 Å². The van der Waals surface area contributed by atoms with Gasteiger partial charge in [0.2, 0.25) is 5.91 Å². The largest absolute Gasteiger partial charge is 0.400 e. The molecule has 1 aliphatic carbocycles. The second-order valence-corrected chi connectivity index (χ2v) is 8.60. The molecule has 3 heterocycles. The first kappa shape index (κ1) is 22.4. The number of pyridine rings is 1. The molecule has 1 amide bonds. The molecule has 1 aromatic carbocycles. The zero-order valence-electron chi connectivity index (χ0n) is 18.6. The van der Waals surface area contributed by atoms with Gasteiger partial charge in [0, 0.05) is 43.7 Å². The van der Waals surface area contributed by atoms with Crippen LogP contribution < -0.4 is 10.2 Å². The zero-order valence-corrected chi connectivity index (χ0v) is 18.6. The van der Waals surface area contributed by atoms with E-state index in [1.165, 1.54) is 5.56 Å². The number of aliphatic hydroxyl groups is 1. The topological polar surface area (TPSA) is 98.5 Å². The molecule has 1 aromatic heterocycles. The number of nitrogens with one attached hydrogen (secondary N) is 2. The Bertz CT molecular complexity index is 961. The van der Waals surface area contributed by atoms with Crippen LogP contribution in [0.1, 0.15) is 55.6 Å². The zero-order chi connectivity index (χ0) is 22.5. The summed E-state index contributed by atoms with van der Waals surface area (Å²) < 4.78 is 5.54. The van der Waals surface area contributed by atoms with Gasteiger partial charge in [-0.05, 0) is 68.2 Å². The maximum absolute atomic E-state index is 13.7. The lowest BCUT2D eigenvalue weighted by Crippen LogP contribution is -2.37. The van der Waals surface area contributed by atoms with Crippen LogP contribution in [-0.4, -0.2) is 42.0 Å². The minimum absolute atomic E-state index is 0.0168. The third-order valence-electron chi connectivity index (χ3n) is 6.68. The first-order valence-corrected chi connectivity index (χ1v) is 11.4. The summed E-state index contributed by atoms with van der Waals surface area (Å²) in [4.78, 5) is 20.1. The summed E-state index contributed by atoms with van der Waals surface area (Å²) in [6.45, 7) is 2.12. The molecule has 7 heteroatoms. The standard InChI is InChI=1S/C24H28N4O2.CH4O/c25-20-6-3-17(4-7-20)24(29)28-15-19-2-1-11-26-23(19)27-21-8-5-18(14-22(21)28)16-9-12-30-13-10-16;1-2/h1-2,5,8,11,14,16-17,25H,3-4,6-7,9-10,12-13,15H2,(H,26,27);2H,1H3. The fraction of sp³-hybridized carbons (Fsp3) is 0.480. The lowest BCUT2D eigenvalue weighted by molar-refractivity contribution is -0.123. The highest BCUT2D eigenvalue weighted by atomic mass is 16.5. The maximum atomic E-state index is 13.7. The molecule has 1 saturated heterocycles. The molecule has 170 valence electrons. The van der Waals surface area contributed by atoms with Crippen molar-refractivity contribution in [2.24, 2.45) is 5.92 Å². The van der Waals surface area contributed by atoms with Crippen LogP contribution in [0, 0.1) is 11.3 Å². The van der Waals surface area contributed by atoms with Gasteiger partial charge in [-0.2, -0.15) is 0 Å². The number of fused-ring (bicyclic) bond motifs is 2. The molecular formula is C25H32N4O3. The van der Waals surface area contributed by atoms with Crippen molar-refractivity contribution >= 4 is 28.8 Å². The Morgan fingerprint density at radius 2 is 1.91 bits per heavy atom. The Kier molecular flexibility index (Phi) is 7.17. The van der Waals surface area contributed by atoms with Crippen molar-refractivity contribution in [3.63, 3.8) is 0 Å². The molecule has 3 aliphatic rings. The molecule has 5 rings (SSSR count). The van der Waals surface area contributed by atoms with Crippen LogP contribution in [0.2, 0.25) is 0 Å². The van der Waals surface area contributed by atoms with Crippen LogP contribution in [0.4, 0.5) is 17.2 Å². The number of ether oxygens (including phenoxy) is 1. The molecule has 7 nitrogen and oxygen atoms in total. The molecule has 32 heavy (non-hydrogen) atoms. The molecule has 0 bridgehead atoms. The monoisotopic (exact) mass is 436 g/mol. The van der Waals surface area contributed by atoms with E-state index in [1.807, 2.05) is 17.0 Å². The minimum atomic E-state index is -0.0168. The van der Waals surface area contributed by atoms with Gasteiger partial charge >= 0.3 is 0 Å². The average molecular weight is 437 g/mol. The number of amides is 1. The number of anilines is 3. The Labute approximate surface area is 189 Å². The number of carbonyl (C=O) groups is 1. The van der Waals surface area contributed by atoms with E-state index in [9.17, 15) is 4.79 Å². The number of aliphatic hydroxyl groups excluding tert-OH is 1. The van der Waals surface area contributed by atoms with Crippen LogP contribution >= 0.6 is 0 Å². The van der Waals surface area contributed by atoms with Crippen molar-refractivity contribution in [1.29, 1.82) is 5.41 Å². The number of carbonyl (C=O) groups excluding carboxylic acids is 1. The van der Waals surface area contributed by atoms with Crippen molar-refractivity contribution in [3.8, 4) is 0 Å². The lowest BCUT2D eigenvalue weighted by atomic mass is 9.86. The number of rotatable bonds is 2. The molecule has 0 atom stereocenters. The molecular weight excluding hydrogens is 404 g/mol. The summed E-state index contributed by atoms with van der Waals surface area (Å²) in [5, 5.41) is 18.4. The van der Waals surface area contributed by atoms with E-state index in [2.05, 4.69) is 28.5 Å². The fourth-order valence-electron chi connectivity index (χ4n) is 4.85. The van der Waals surface area contributed by atoms with Gasteiger partial charge in [-0.1, -0.05) is 12.1 Å². The molecule has 2 aromatic rings. The molecule has 0 radical (unpaired) electrons. The van der Waals surface area contributed by atoms with Crippen LogP contribution in [0.15, 0.2) is 36.5 Å². The number of benzene rings is 1. The Hall–Kier alpha value is -2.77. The first-order chi connectivity index (χ1) is 15.7. The van der Waals surface area contributed by atoms with E-state index in [0.717, 1.165) is 87.3 Å². The van der Waals surface area contributed by atoms with E-state index in [0.29, 0.717) is 12.5 Å². The van der Waals surface area contributed by atoms with E-state index in [-0.39, 0.29) is 11.8 Å². The van der Waals surface area contributed by atoms with Crippen LogP contribution in [0.5, 0.6) is 0 Å². The predicted molar refractivity (Wildman–Crippen MR) is 126 cm³/mol. The summed E-state index contributed by atoms with van der Waals surface area (Å²) in [5.74, 6) is 1.45. The molecule has 0 spiro atoms. The summed E-state index contributed by atoms with van der Waals surface area (Å²) in [6.07, 6.45) is 6.84. The van der Waals surface area contributed by atoms with Crippen molar-refractivity contribution in [2.75, 3.05) is 30.5 Å². The van der Waals surface area contributed by atoms with Crippen molar-refractivity contribution in [3.05, 3.63) is 47.7 Å². The smallest absolute Gasteiger partial charge is 0.230 e. The maximum Gasteiger partial charge on any atom is 0.230 e. The Morgan fingerprint density at radius 1 is 1.16 bits per heavy atom. The van der Waals surface area contributed by atoms with Crippen molar-refractivity contribution < 1.29 is 14.6 Å². The molecule has 1 saturated carbocycles. The summed E-state index contributed by atoms with van der Waals surface area (Å²) in [7, 11) is 1.00. The number of hydrogen-bond donors (Lipinski definition) is 3. The minimum Gasteiger partial charge on any atom is -0.400 e. The summed E-state index contributed by atoms with van der Waals surface area (Å²) >= 11 is 0. The van der Waals surface area contributed by atoms with Crippen molar-refractivity contribution in [1.82, 2.24) is 4.98 Å². The molecule has 3 N–H and O–H groups in total. The molecule has 2 fully saturated rings. The number of nitrogens with zero attached hydrogens (tertiary/aromatic N) is 2. The van der Waals surface area contributed by atoms with Crippen LogP contribution in [0.3, 0.4) is 0 Å². The molecule has 2 aliphatic heterocycles. The summed E-state index contributed by atoms with van der Waals surface area (Å²) in [6, 6.07) is 10.4. The third kappa shape index (κ3) is 4.69. The highest BCUT2D eigenvalue weighted by Crippen LogP contribution is 2.40. The number of aromatic nitrogens is 1. The normalized spacial score (nSPS) is 20.8. The van der Waals surface area contributed by atoms with Gasteiger partial charge in [0.25, 0.3) is 0 Å². The van der Waals surface area contributed by atoms with Crippen LogP contribution in [-0.2, 0) is 16.1 Å². The van der Waals surface area contributed by atoms with E-state index < -0.39 is 0 Å². The Morgan fingerprint density at radius 3 is 2.66 bits per heavy atom. The van der Waals surface area contributed by atoms with Gasteiger partial charge in [-0.3, -0.25) is 4.79 Å².